The second-order valence-electron chi connectivity index (χ2n) is 4.35. The first-order valence-corrected chi connectivity index (χ1v) is 4.20. The zero-order chi connectivity index (χ0) is 10.7. The molecule has 2 N–H and O–H groups in total. The Balaban J connectivity index is 4.25. The van der Waals surface area contributed by atoms with Crippen LogP contribution < -0.4 is 5.73 Å². The van der Waals surface area contributed by atoms with Crippen LogP contribution in [0, 0.1) is 0 Å². The molecular formula is C9H19NO3. The van der Waals surface area contributed by atoms with Gasteiger partial charge >= 0.3 is 5.97 Å². The van der Waals surface area contributed by atoms with Crippen molar-refractivity contribution >= 4 is 5.97 Å². The molecule has 0 aromatic carbocycles. The van der Waals surface area contributed by atoms with Gasteiger partial charge in [-0.15, -0.1) is 0 Å². The standard InChI is InChI=1S/C9H19NO3/c1-8(2,3)13-7(11)9(4,10)6-12-5/h6,10H2,1-5H3/t9-/m0/s1. The van der Waals surface area contributed by atoms with Crippen molar-refractivity contribution in [2.75, 3.05) is 13.7 Å². The molecule has 0 unspecified atom stereocenters. The van der Waals surface area contributed by atoms with Crippen LogP contribution in [0.4, 0.5) is 0 Å². The molecule has 0 rings (SSSR count). The minimum absolute atomic E-state index is 0.155. The summed E-state index contributed by atoms with van der Waals surface area (Å²) >= 11 is 0. The lowest BCUT2D eigenvalue weighted by Gasteiger charge is -2.27. The van der Waals surface area contributed by atoms with Crippen molar-refractivity contribution in [1.29, 1.82) is 0 Å². The summed E-state index contributed by atoms with van der Waals surface area (Å²) in [7, 11) is 1.50. The van der Waals surface area contributed by atoms with Gasteiger partial charge in [-0.25, -0.2) is 4.79 Å². The van der Waals surface area contributed by atoms with E-state index in [0.717, 1.165) is 0 Å². The fraction of sp³-hybridized carbons (Fsp3) is 0.889. The minimum atomic E-state index is -1.07. The van der Waals surface area contributed by atoms with E-state index in [9.17, 15) is 4.79 Å². The van der Waals surface area contributed by atoms with E-state index in [-0.39, 0.29) is 6.61 Å². The Hall–Kier alpha value is -0.610. The molecule has 0 aromatic heterocycles. The van der Waals surface area contributed by atoms with Crippen molar-refractivity contribution in [3.8, 4) is 0 Å². The molecule has 4 heteroatoms. The third-order valence-corrected chi connectivity index (χ3v) is 1.31. The van der Waals surface area contributed by atoms with Gasteiger partial charge in [0.25, 0.3) is 0 Å². The van der Waals surface area contributed by atoms with E-state index in [2.05, 4.69) is 0 Å². The Labute approximate surface area is 79.4 Å². The van der Waals surface area contributed by atoms with Crippen LogP contribution >= 0.6 is 0 Å². The van der Waals surface area contributed by atoms with E-state index in [0.29, 0.717) is 0 Å². The molecule has 0 aliphatic rings. The molecule has 0 spiro atoms. The summed E-state index contributed by atoms with van der Waals surface area (Å²) in [6.07, 6.45) is 0. The van der Waals surface area contributed by atoms with Crippen LogP contribution in [0.15, 0.2) is 0 Å². The third kappa shape index (κ3) is 4.85. The SMILES string of the molecule is COC[C@](C)(N)C(=O)OC(C)(C)C. The van der Waals surface area contributed by atoms with Crippen LogP contribution in [0.3, 0.4) is 0 Å². The van der Waals surface area contributed by atoms with E-state index >= 15 is 0 Å². The Kier molecular flexibility index (Phi) is 3.88. The lowest BCUT2D eigenvalue weighted by molar-refractivity contribution is -0.162. The summed E-state index contributed by atoms with van der Waals surface area (Å²) in [5.41, 5.74) is 4.10. The van der Waals surface area contributed by atoms with Gasteiger partial charge in [0.2, 0.25) is 0 Å². The van der Waals surface area contributed by atoms with Gasteiger partial charge in [-0.05, 0) is 27.7 Å². The van der Waals surface area contributed by atoms with Gasteiger partial charge in [-0.1, -0.05) is 0 Å². The topological polar surface area (TPSA) is 61.5 Å². The monoisotopic (exact) mass is 189 g/mol. The summed E-state index contributed by atoms with van der Waals surface area (Å²) < 4.78 is 9.93. The van der Waals surface area contributed by atoms with Crippen molar-refractivity contribution in [2.24, 2.45) is 5.73 Å². The van der Waals surface area contributed by atoms with Gasteiger partial charge in [0, 0.05) is 7.11 Å². The van der Waals surface area contributed by atoms with Gasteiger partial charge in [-0.3, -0.25) is 0 Å². The molecule has 0 radical (unpaired) electrons. The van der Waals surface area contributed by atoms with Crippen molar-refractivity contribution in [3.05, 3.63) is 0 Å². The van der Waals surface area contributed by atoms with Gasteiger partial charge in [-0.2, -0.15) is 0 Å². The van der Waals surface area contributed by atoms with Crippen molar-refractivity contribution in [2.45, 2.75) is 38.8 Å². The van der Waals surface area contributed by atoms with E-state index < -0.39 is 17.1 Å². The average Bonchev–Trinajstić information content (AvgIpc) is 1.82. The number of rotatable bonds is 3. The first-order chi connectivity index (χ1) is 5.69. The molecule has 0 aliphatic carbocycles. The Bertz CT molecular complexity index is 182. The summed E-state index contributed by atoms with van der Waals surface area (Å²) in [6, 6.07) is 0. The summed E-state index contributed by atoms with van der Waals surface area (Å²) in [5, 5.41) is 0. The van der Waals surface area contributed by atoms with Crippen LogP contribution in [0.5, 0.6) is 0 Å². The summed E-state index contributed by atoms with van der Waals surface area (Å²) in [6.45, 7) is 7.14. The maximum atomic E-state index is 11.4. The molecule has 0 heterocycles. The maximum Gasteiger partial charge on any atom is 0.328 e. The first-order valence-electron chi connectivity index (χ1n) is 4.20. The fourth-order valence-electron chi connectivity index (χ4n) is 0.753. The van der Waals surface area contributed by atoms with Gasteiger partial charge in [0.15, 0.2) is 0 Å². The first kappa shape index (κ1) is 12.4. The van der Waals surface area contributed by atoms with Crippen molar-refractivity contribution in [1.82, 2.24) is 0 Å². The number of carbonyl (C=O) groups excluding carboxylic acids is 1. The second-order valence-corrected chi connectivity index (χ2v) is 4.35. The van der Waals surface area contributed by atoms with Crippen LogP contribution in [0.1, 0.15) is 27.7 Å². The number of ether oxygens (including phenoxy) is 2. The minimum Gasteiger partial charge on any atom is -0.459 e. The van der Waals surface area contributed by atoms with E-state index in [4.69, 9.17) is 15.2 Å². The van der Waals surface area contributed by atoms with E-state index in [1.165, 1.54) is 7.11 Å². The number of hydrogen-bond acceptors (Lipinski definition) is 4. The van der Waals surface area contributed by atoms with Crippen LogP contribution in [0.2, 0.25) is 0 Å². The number of methoxy groups -OCH3 is 1. The summed E-state index contributed by atoms with van der Waals surface area (Å²) in [4.78, 5) is 11.4. The summed E-state index contributed by atoms with van der Waals surface area (Å²) in [5.74, 6) is -0.443. The molecule has 13 heavy (non-hydrogen) atoms. The molecule has 0 fully saturated rings. The molecule has 0 aromatic rings. The molecular weight excluding hydrogens is 170 g/mol. The fourth-order valence-corrected chi connectivity index (χ4v) is 0.753. The van der Waals surface area contributed by atoms with Crippen molar-refractivity contribution in [3.63, 3.8) is 0 Å². The highest BCUT2D eigenvalue weighted by Gasteiger charge is 2.33. The highest BCUT2D eigenvalue weighted by atomic mass is 16.6. The Morgan fingerprint density at radius 1 is 1.31 bits per heavy atom. The Morgan fingerprint density at radius 2 is 1.77 bits per heavy atom. The highest BCUT2D eigenvalue weighted by Crippen LogP contribution is 2.12. The maximum absolute atomic E-state index is 11.4. The lowest BCUT2D eigenvalue weighted by atomic mass is 10.1. The molecule has 0 saturated heterocycles. The molecule has 1 atom stereocenters. The number of nitrogens with two attached hydrogens (primary N) is 1. The molecule has 0 amide bonds. The quantitative estimate of drug-likeness (QED) is 0.663. The Morgan fingerprint density at radius 3 is 2.08 bits per heavy atom. The van der Waals surface area contributed by atoms with E-state index in [1.54, 1.807) is 27.7 Å². The van der Waals surface area contributed by atoms with Gasteiger partial charge in [0.05, 0.1) is 6.61 Å². The molecule has 0 bridgehead atoms. The average molecular weight is 189 g/mol. The molecule has 78 valence electrons. The predicted octanol–water partition coefficient (Wildman–Crippen LogP) is 0.692. The van der Waals surface area contributed by atoms with Gasteiger partial charge in [0.1, 0.15) is 11.1 Å². The smallest absolute Gasteiger partial charge is 0.328 e. The number of esters is 1. The van der Waals surface area contributed by atoms with Crippen molar-refractivity contribution < 1.29 is 14.3 Å². The molecule has 0 aliphatic heterocycles. The number of hydrogen-bond donors (Lipinski definition) is 1. The third-order valence-electron chi connectivity index (χ3n) is 1.31. The van der Waals surface area contributed by atoms with E-state index in [1.807, 2.05) is 0 Å². The van der Waals surface area contributed by atoms with Crippen LogP contribution in [0.25, 0.3) is 0 Å². The highest BCUT2D eigenvalue weighted by molar-refractivity contribution is 5.80. The second kappa shape index (κ2) is 4.07. The molecule has 4 nitrogen and oxygen atoms in total. The predicted molar refractivity (Wildman–Crippen MR) is 50.3 cm³/mol. The van der Waals surface area contributed by atoms with Crippen LogP contribution in [-0.2, 0) is 14.3 Å². The number of carbonyl (C=O) groups is 1. The molecule has 0 saturated carbocycles. The normalized spacial score (nSPS) is 16.5. The zero-order valence-electron chi connectivity index (χ0n) is 9.01. The largest absolute Gasteiger partial charge is 0.459 e. The van der Waals surface area contributed by atoms with Crippen LogP contribution in [-0.4, -0.2) is 30.8 Å². The zero-order valence-corrected chi connectivity index (χ0v) is 9.01. The van der Waals surface area contributed by atoms with Gasteiger partial charge < -0.3 is 15.2 Å². The lowest BCUT2D eigenvalue weighted by Crippen LogP contribution is -2.51.